The van der Waals surface area contributed by atoms with E-state index in [1.54, 1.807) is 0 Å². The van der Waals surface area contributed by atoms with Gasteiger partial charge in [0.1, 0.15) is 10.7 Å². The van der Waals surface area contributed by atoms with Crippen LogP contribution in [0.1, 0.15) is 47.1 Å². The highest BCUT2D eigenvalue weighted by Gasteiger charge is 2.26. The molecule has 142 valence electrons. The quantitative estimate of drug-likeness (QED) is 0.669. The monoisotopic (exact) mass is 387 g/mol. The van der Waals surface area contributed by atoms with Crippen LogP contribution in [0.4, 0.5) is 0 Å². The number of nitrogens with zero attached hydrogens (tertiary/aromatic N) is 4. The molecule has 2 aliphatic heterocycles. The summed E-state index contributed by atoms with van der Waals surface area (Å²) in [6.07, 6.45) is 8.02. The Morgan fingerprint density at radius 1 is 1.33 bits per heavy atom. The molecule has 0 saturated heterocycles. The van der Waals surface area contributed by atoms with Gasteiger partial charge in [0.2, 0.25) is 0 Å². The van der Waals surface area contributed by atoms with E-state index in [-0.39, 0.29) is 18.4 Å². The maximum absolute atomic E-state index is 12.3. The first-order chi connectivity index (χ1) is 13.1. The van der Waals surface area contributed by atoms with E-state index in [9.17, 15) is 4.79 Å². The molecule has 3 aliphatic rings. The molecule has 9 heteroatoms. The normalized spacial score (nSPS) is 19.1. The van der Waals surface area contributed by atoms with Crippen LogP contribution in [-0.2, 0) is 4.79 Å². The summed E-state index contributed by atoms with van der Waals surface area (Å²) < 4.78 is 6.11. The van der Waals surface area contributed by atoms with Crippen molar-refractivity contribution in [3.05, 3.63) is 41.2 Å². The lowest BCUT2D eigenvalue weighted by Crippen LogP contribution is -2.38. The number of rotatable bonds is 3. The van der Waals surface area contributed by atoms with Gasteiger partial charge in [-0.15, -0.1) is 5.10 Å². The van der Waals surface area contributed by atoms with Crippen molar-refractivity contribution in [3.8, 4) is 11.4 Å². The number of nitrogens with one attached hydrogen (secondary N) is 1. The number of carbonyl (C=O) groups excluding carboxylic acids is 1. The summed E-state index contributed by atoms with van der Waals surface area (Å²) in [5.74, 6) is 1.01. The Labute approximate surface area is 160 Å². The predicted octanol–water partition coefficient (Wildman–Crippen LogP) is 2.76. The molecule has 1 aromatic heterocycles. The van der Waals surface area contributed by atoms with Crippen molar-refractivity contribution in [1.29, 1.82) is 0 Å². The van der Waals surface area contributed by atoms with Crippen molar-refractivity contribution in [1.82, 2.24) is 24.5 Å². The third-order valence-corrected chi connectivity index (χ3v) is 5.59. The largest absolute Gasteiger partial charge is 0.483 e. The molecule has 0 atom stereocenters. The molecule has 1 fully saturated rings. The summed E-state index contributed by atoms with van der Waals surface area (Å²) in [5, 5.41) is 13.9. The van der Waals surface area contributed by atoms with Crippen LogP contribution in [0.5, 0.6) is 0 Å². The van der Waals surface area contributed by atoms with Gasteiger partial charge in [-0.3, -0.25) is 9.59 Å². The Kier molecular flexibility index (Phi) is 6.12. The van der Waals surface area contributed by atoms with Crippen LogP contribution < -0.4 is 5.32 Å². The van der Waals surface area contributed by atoms with Gasteiger partial charge in [0.25, 0.3) is 12.4 Å². The molecule has 0 radical (unpaired) electrons. The van der Waals surface area contributed by atoms with Crippen molar-refractivity contribution < 1.29 is 14.7 Å². The number of hydrogen-bond donors (Lipinski definition) is 2. The Morgan fingerprint density at radius 2 is 2.07 bits per heavy atom. The van der Waals surface area contributed by atoms with Crippen LogP contribution in [0.25, 0.3) is 11.4 Å². The van der Waals surface area contributed by atoms with E-state index >= 15 is 0 Å². The van der Waals surface area contributed by atoms with Crippen LogP contribution in [0.3, 0.4) is 0 Å². The molecule has 27 heavy (non-hydrogen) atoms. The fourth-order valence-corrected chi connectivity index (χ4v) is 4.04. The zero-order valence-electron chi connectivity index (χ0n) is 14.9. The molecule has 0 bridgehead atoms. The highest BCUT2D eigenvalue weighted by atomic mass is 32.1. The van der Waals surface area contributed by atoms with Crippen LogP contribution in [0.2, 0.25) is 0 Å². The third-order valence-electron chi connectivity index (χ3n) is 4.76. The molecule has 0 spiro atoms. The summed E-state index contributed by atoms with van der Waals surface area (Å²) in [6, 6.07) is 6.89. The van der Waals surface area contributed by atoms with E-state index in [2.05, 4.69) is 42.8 Å². The highest BCUT2D eigenvalue weighted by Crippen LogP contribution is 2.32. The van der Waals surface area contributed by atoms with Crippen LogP contribution >= 0.6 is 11.5 Å². The number of pyridine rings is 1. The SMILES string of the molecule is Cc1nnsc1C(=O)NC1CCC(n2cccc3ccnc2-3)CC1.O=CO. The van der Waals surface area contributed by atoms with Gasteiger partial charge in [0.15, 0.2) is 0 Å². The fraction of sp³-hybridized carbons (Fsp3) is 0.389. The number of hydrogen-bond acceptors (Lipinski definition) is 6. The predicted molar refractivity (Wildman–Crippen MR) is 101 cm³/mol. The summed E-state index contributed by atoms with van der Waals surface area (Å²) in [7, 11) is 0. The summed E-state index contributed by atoms with van der Waals surface area (Å²) >= 11 is 1.16. The zero-order chi connectivity index (χ0) is 19.2. The van der Waals surface area contributed by atoms with Gasteiger partial charge >= 0.3 is 0 Å². The van der Waals surface area contributed by atoms with Gasteiger partial charge in [-0.2, -0.15) is 0 Å². The first-order valence-corrected chi connectivity index (χ1v) is 9.50. The second kappa shape index (κ2) is 8.72. The second-order valence-corrected chi connectivity index (χ2v) is 7.17. The molecule has 1 aromatic rings. The number of amides is 1. The summed E-state index contributed by atoms with van der Waals surface area (Å²) in [4.78, 5) is 25.8. The van der Waals surface area contributed by atoms with E-state index in [1.165, 1.54) is 5.56 Å². The number of aromatic nitrogens is 4. The molecule has 1 aliphatic carbocycles. The standard InChI is InChI=1S/C17H19N5OS.CH2O2/c1-11-15(24-21-20-11)17(23)19-13-4-6-14(7-5-13)22-10-2-3-12-8-9-18-16(12)22;2-1-3/h2-3,8-10,13-14H,4-7H2,1H3,(H,19,23);1H,(H,2,3). The Balaban J connectivity index is 0.000000659. The van der Waals surface area contributed by atoms with E-state index in [0.29, 0.717) is 16.6 Å². The Bertz CT molecular complexity index is 869. The molecule has 0 aromatic carbocycles. The lowest BCUT2D eigenvalue weighted by Gasteiger charge is -2.31. The van der Waals surface area contributed by atoms with E-state index in [1.807, 2.05) is 19.2 Å². The minimum Gasteiger partial charge on any atom is -0.483 e. The fourth-order valence-electron chi connectivity index (χ4n) is 3.48. The van der Waals surface area contributed by atoms with Crippen LogP contribution in [0, 0.1) is 6.92 Å². The van der Waals surface area contributed by atoms with Gasteiger partial charge in [-0.25, -0.2) is 4.98 Å². The summed E-state index contributed by atoms with van der Waals surface area (Å²) in [5.41, 5.74) is 1.89. The summed E-state index contributed by atoms with van der Waals surface area (Å²) in [6.45, 7) is 1.57. The first kappa shape index (κ1) is 19.0. The third kappa shape index (κ3) is 4.30. The van der Waals surface area contributed by atoms with Gasteiger partial charge < -0.3 is 15.0 Å². The van der Waals surface area contributed by atoms with Crippen molar-refractivity contribution in [3.63, 3.8) is 0 Å². The average Bonchev–Trinajstić information content (AvgIpc) is 3.31. The zero-order valence-corrected chi connectivity index (χ0v) is 15.7. The Hall–Kier alpha value is -2.81. The minimum atomic E-state index is -0.250. The molecule has 0 unspecified atom stereocenters. The lowest BCUT2D eigenvalue weighted by molar-refractivity contribution is -0.122. The second-order valence-electron chi connectivity index (χ2n) is 6.41. The number of fused-ring (bicyclic) bond motifs is 1. The van der Waals surface area contributed by atoms with E-state index in [4.69, 9.17) is 9.90 Å². The molecule has 8 nitrogen and oxygen atoms in total. The van der Waals surface area contributed by atoms with Crippen molar-refractivity contribution >= 4 is 23.9 Å². The number of aryl methyl sites for hydroxylation is 1. The van der Waals surface area contributed by atoms with Gasteiger partial charge in [0, 0.05) is 30.0 Å². The van der Waals surface area contributed by atoms with Gasteiger partial charge in [-0.05, 0) is 62.3 Å². The van der Waals surface area contributed by atoms with E-state index < -0.39 is 0 Å². The number of carbonyl (C=O) groups is 2. The highest BCUT2D eigenvalue weighted by molar-refractivity contribution is 7.08. The van der Waals surface area contributed by atoms with Gasteiger partial charge in [-0.1, -0.05) is 4.49 Å². The van der Waals surface area contributed by atoms with Crippen molar-refractivity contribution in [2.45, 2.75) is 44.7 Å². The molecule has 1 amide bonds. The minimum absolute atomic E-state index is 0.0431. The average molecular weight is 387 g/mol. The maximum atomic E-state index is 12.3. The maximum Gasteiger partial charge on any atom is 0.290 e. The van der Waals surface area contributed by atoms with E-state index in [0.717, 1.165) is 43.0 Å². The van der Waals surface area contributed by atoms with Crippen molar-refractivity contribution in [2.75, 3.05) is 0 Å². The van der Waals surface area contributed by atoms with Crippen LogP contribution in [0.15, 0.2) is 30.6 Å². The topological polar surface area (TPSA) is 110 Å². The van der Waals surface area contributed by atoms with Crippen molar-refractivity contribution in [2.24, 2.45) is 0 Å². The number of carboxylic acid groups (broad SMARTS) is 1. The smallest absolute Gasteiger partial charge is 0.290 e. The molecular weight excluding hydrogens is 366 g/mol. The molecule has 3 heterocycles. The molecule has 1 saturated carbocycles. The van der Waals surface area contributed by atoms with Crippen LogP contribution in [-0.4, -0.2) is 42.7 Å². The first-order valence-electron chi connectivity index (χ1n) is 8.73. The van der Waals surface area contributed by atoms with Gasteiger partial charge in [0.05, 0.1) is 5.69 Å². The molecular formula is C18H21N5O3S. The Morgan fingerprint density at radius 3 is 2.74 bits per heavy atom. The lowest BCUT2D eigenvalue weighted by atomic mass is 9.90. The molecule has 4 rings (SSSR count). The molecule has 2 N–H and O–H groups in total.